The number of nitrogens with zero attached hydrogens (tertiary/aromatic N) is 2. The van der Waals surface area contributed by atoms with Crippen molar-refractivity contribution >= 4 is 11.4 Å². The molecule has 19 heavy (non-hydrogen) atoms. The zero-order chi connectivity index (χ0) is 13.8. The standard InChI is InChI=1S/C13H19N3O3/c1-10-4-3-5-12(13(10)16(17)18)15-6-7-19-11(9-15)8-14-2/h3-5,11,14H,6-9H2,1-2H3. The molecule has 1 saturated heterocycles. The third kappa shape index (κ3) is 3.02. The Morgan fingerprint density at radius 3 is 3.05 bits per heavy atom. The van der Waals surface area contributed by atoms with E-state index < -0.39 is 0 Å². The van der Waals surface area contributed by atoms with Gasteiger partial charge in [-0.15, -0.1) is 0 Å². The number of anilines is 1. The Morgan fingerprint density at radius 1 is 1.58 bits per heavy atom. The molecule has 0 radical (unpaired) electrons. The summed E-state index contributed by atoms with van der Waals surface area (Å²) in [5, 5.41) is 14.3. The molecule has 1 heterocycles. The maximum Gasteiger partial charge on any atom is 0.295 e. The Hall–Kier alpha value is -1.66. The normalized spacial score (nSPS) is 19.5. The SMILES string of the molecule is CNCC1CN(c2cccc(C)c2[N+](=O)[O-])CCO1. The Labute approximate surface area is 112 Å². The molecule has 0 aromatic heterocycles. The zero-order valence-electron chi connectivity index (χ0n) is 11.3. The number of nitrogens with one attached hydrogen (secondary N) is 1. The van der Waals surface area contributed by atoms with Crippen molar-refractivity contribution in [1.82, 2.24) is 5.32 Å². The van der Waals surface area contributed by atoms with Crippen molar-refractivity contribution in [3.05, 3.63) is 33.9 Å². The van der Waals surface area contributed by atoms with Crippen molar-refractivity contribution < 1.29 is 9.66 Å². The first-order chi connectivity index (χ1) is 9.13. The summed E-state index contributed by atoms with van der Waals surface area (Å²) < 4.78 is 5.63. The van der Waals surface area contributed by atoms with Gasteiger partial charge in [-0.25, -0.2) is 0 Å². The zero-order valence-corrected chi connectivity index (χ0v) is 11.3. The maximum absolute atomic E-state index is 11.2. The minimum absolute atomic E-state index is 0.0684. The number of aryl methyl sites for hydroxylation is 1. The second-order valence-corrected chi connectivity index (χ2v) is 4.70. The third-order valence-corrected chi connectivity index (χ3v) is 3.31. The third-order valence-electron chi connectivity index (χ3n) is 3.31. The molecule has 2 rings (SSSR count). The highest BCUT2D eigenvalue weighted by molar-refractivity contribution is 5.66. The molecule has 6 heteroatoms. The van der Waals surface area contributed by atoms with Crippen molar-refractivity contribution in [2.24, 2.45) is 0 Å². The summed E-state index contributed by atoms with van der Waals surface area (Å²) in [4.78, 5) is 13.0. The van der Waals surface area contributed by atoms with Crippen LogP contribution in [-0.2, 0) is 4.74 Å². The van der Waals surface area contributed by atoms with Crippen molar-refractivity contribution in [1.29, 1.82) is 0 Å². The van der Waals surface area contributed by atoms with E-state index in [1.807, 2.05) is 24.1 Å². The van der Waals surface area contributed by atoms with Gasteiger partial charge in [0.25, 0.3) is 5.69 Å². The van der Waals surface area contributed by atoms with Crippen molar-refractivity contribution in [2.45, 2.75) is 13.0 Å². The van der Waals surface area contributed by atoms with E-state index in [9.17, 15) is 10.1 Å². The van der Waals surface area contributed by atoms with Crippen molar-refractivity contribution in [3.63, 3.8) is 0 Å². The second-order valence-electron chi connectivity index (χ2n) is 4.70. The van der Waals surface area contributed by atoms with E-state index in [0.29, 0.717) is 30.9 Å². The summed E-state index contributed by atoms with van der Waals surface area (Å²) in [5.41, 5.74) is 1.58. The lowest BCUT2D eigenvalue weighted by Crippen LogP contribution is -2.46. The van der Waals surface area contributed by atoms with E-state index in [1.165, 1.54) is 0 Å². The van der Waals surface area contributed by atoms with Gasteiger partial charge in [-0.05, 0) is 20.0 Å². The van der Waals surface area contributed by atoms with E-state index >= 15 is 0 Å². The predicted octanol–water partition coefficient (Wildman–Crippen LogP) is 1.33. The largest absolute Gasteiger partial charge is 0.373 e. The van der Waals surface area contributed by atoms with Crippen LogP contribution in [0.4, 0.5) is 11.4 Å². The Balaban J connectivity index is 2.26. The molecule has 1 aliphatic rings. The molecule has 1 aromatic rings. The number of morpholine rings is 1. The van der Waals surface area contributed by atoms with Crippen LogP contribution in [0.2, 0.25) is 0 Å². The summed E-state index contributed by atoms with van der Waals surface area (Å²) in [7, 11) is 1.87. The number of nitro groups is 1. The quantitative estimate of drug-likeness (QED) is 0.657. The Morgan fingerprint density at radius 2 is 2.37 bits per heavy atom. The lowest BCUT2D eigenvalue weighted by molar-refractivity contribution is -0.384. The van der Waals surface area contributed by atoms with Crippen LogP contribution in [0.3, 0.4) is 0 Å². The Kier molecular flexibility index (Phi) is 4.34. The molecule has 1 N–H and O–H groups in total. The number of para-hydroxylation sites is 1. The molecule has 1 aliphatic heterocycles. The lowest BCUT2D eigenvalue weighted by Gasteiger charge is -2.34. The molecule has 0 saturated carbocycles. The van der Waals surface area contributed by atoms with Gasteiger partial charge in [-0.2, -0.15) is 0 Å². The molecule has 0 bridgehead atoms. The van der Waals surface area contributed by atoms with Gasteiger partial charge in [-0.1, -0.05) is 12.1 Å². The predicted molar refractivity (Wildman–Crippen MR) is 73.7 cm³/mol. The monoisotopic (exact) mass is 265 g/mol. The van der Waals surface area contributed by atoms with Crippen molar-refractivity contribution in [2.75, 3.05) is 38.2 Å². The fourth-order valence-corrected chi connectivity index (χ4v) is 2.43. The number of nitro benzene ring substituents is 1. The number of benzene rings is 1. The van der Waals surface area contributed by atoms with Gasteiger partial charge in [0.05, 0.1) is 17.6 Å². The number of rotatable bonds is 4. The van der Waals surface area contributed by atoms with Crippen LogP contribution in [-0.4, -0.2) is 44.3 Å². The van der Waals surface area contributed by atoms with Gasteiger partial charge in [0.15, 0.2) is 0 Å². The van der Waals surface area contributed by atoms with Gasteiger partial charge in [-0.3, -0.25) is 10.1 Å². The first-order valence-electron chi connectivity index (χ1n) is 6.38. The highest BCUT2D eigenvalue weighted by Crippen LogP contribution is 2.32. The van der Waals surface area contributed by atoms with Crippen LogP contribution in [0.5, 0.6) is 0 Å². The van der Waals surface area contributed by atoms with E-state index in [2.05, 4.69) is 5.32 Å². The molecule has 104 valence electrons. The van der Waals surface area contributed by atoms with E-state index in [1.54, 1.807) is 13.0 Å². The van der Waals surface area contributed by atoms with Gasteiger partial charge < -0.3 is 15.0 Å². The summed E-state index contributed by atoms with van der Waals surface area (Å²) >= 11 is 0. The van der Waals surface area contributed by atoms with Gasteiger partial charge in [0, 0.05) is 25.2 Å². The molecule has 0 aliphatic carbocycles. The fraction of sp³-hybridized carbons (Fsp3) is 0.538. The molecule has 0 amide bonds. The van der Waals surface area contributed by atoms with E-state index in [0.717, 1.165) is 6.54 Å². The molecular weight excluding hydrogens is 246 g/mol. The van der Waals surface area contributed by atoms with Crippen LogP contribution >= 0.6 is 0 Å². The average Bonchev–Trinajstić information content (AvgIpc) is 2.38. The first kappa shape index (κ1) is 13.8. The second kappa shape index (κ2) is 5.99. The van der Waals surface area contributed by atoms with E-state index in [4.69, 9.17) is 4.74 Å². The number of ether oxygens (including phenoxy) is 1. The number of likely N-dealkylation sites (N-methyl/N-ethyl adjacent to an activating group) is 1. The molecule has 1 unspecified atom stereocenters. The van der Waals surface area contributed by atoms with Gasteiger partial charge in [0.1, 0.15) is 5.69 Å². The minimum atomic E-state index is -0.298. The molecule has 1 fully saturated rings. The summed E-state index contributed by atoms with van der Waals surface area (Å²) in [6.07, 6.45) is 0.0684. The van der Waals surface area contributed by atoms with Crippen molar-refractivity contribution in [3.8, 4) is 0 Å². The molecule has 0 spiro atoms. The molecule has 1 atom stereocenters. The fourth-order valence-electron chi connectivity index (χ4n) is 2.43. The maximum atomic E-state index is 11.2. The number of hydrogen-bond donors (Lipinski definition) is 1. The lowest BCUT2D eigenvalue weighted by atomic mass is 10.1. The van der Waals surface area contributed by atoms with Crippen LogP contribution in [0.25, 0.3) is 0 Å². The topological polar surface area (TPSA) is 67.6 Å². The number of hydrogen-bond acceptors (Lipinski definition) is 5. The van der Waals surface area contributed by atoms with Crippen LogP contribution < -0.4 is 10.2 Å². The van der Waals surface area contributed by atoms with Gasteiger partial charge in [0.2, 0.25) is 0 Å². The Bertz CT molecular complexity index is 462. The molecular formula is C13H19N3O3. The molecule has 6 nitrogen and oxygen atoms in total. The van der Waals surface area contributed by atoms with E-state index in [-0.39, 0.29) is 16.7 Å². The molecule has 1 aromatic carbocycles. The highest BCUT2D eigenvalue weighted by atomic mass is 16.6. The highest BCUT2D eigenvalue weighted by Gasteiger charge is 2.26. The average molecular weight is 265 g/mol. The summed E-state index contributed by atoms with van der Waals surface area (Å²) in [6, 6.07) is 5.44. The first-order valence-corrected chi connectivity index (χ1v) is 6.38. The van der Waals surface area contributed by atoms with Gasteiger partial charge >= 0.3 is 0 Å². The van der Waals surface area contributed by atoms with Crippen LogP contribution in [0, 0.1) is 17.0 Å². The summed E-state index contributed by atoms with van der Waals surface area (Å²) in [5.74, 6) is 0. The van der Waals surface area contributed by atoms with Crippen LogP contribution in [0.15, 0.2) is 18.2 Å². The smallest absolute Gasteiger partial charge is 0.295 e. The van der Waals surface area contributed by atoms with Crippen LogP contribution in [0.1, 0.15) is 5.56 Å². The summed E-state index contributed by atoms with van der Waals surface area (Å²) in [6.45, 7) is 4.47. The minimum Gasteiger partial charge on any atom is -0.373 e.